The van der Waals surface area contributed by atoms with Gasteiger partial charge in [0.2, 0.25) is 0 Å². The van der Waals surface area contributed by atoms with Gasteiger partial charge in [0, 0.05) is 12.2 Å². The number of rotatable bonds is 6. The molecule has 0 rings (SSSR count). The van der Waals surface area contributed by atoms with Gasteiger partial charge in [-0.05, 0) is 19.6 Å². The van der Waals surface area contributed by atoms with Gasteiger partial charge in [-0.3, -0.25) is 0 Å². The molecule has 0 fully saturated rings. The van der Waals surface area contributed by atoms with Gasteiger partial charge in [-0.1, -0.05) is 19.1 Å². The summed E-state index contributed by atoms with van der Waals surface area (Å²) in [5.74, 6) is 3.83. The predicted molar refractivity (Wildman–Crippen MR) is 67.3 cm³/mol. The Morgan fingerprint density at radius 3 is 2.62 bits per heavy atom. The van der Waals surface area contributed by atoms with Gasteiger partial charge >= 0.3 is 0 Å². The van der Waals surface area contributed by atoms with E-state index in [0.29, 0.717) is 0 Å². The topological polar surface area (TPSA) is 0 Å². The maximum absolute atomic E-state index is 5.38. The van der Waals surface area contributed by atoms with Crippen LogP contribution in [0.5, 0.6) is 0 Å². The van der Waals surface area contributed by atoms with Crippen molar-refractivity contribution >= 4 is 23.5 Å². The van der Waals surface area contributed by atoms with Gasteiger partial charge in [-0.25, -0.2) is 0 Å². The molecule has 1 unspecified atom stereocenters. The van der Waals surface area contributed by atoms with Crippen molar-refractivity contribution < 1.29 is 0 Å². The second-order valence-electron chi connectivity index (χ2n) is 2.73. The zero-order chi connectivity index (χ0) is 10.2. The molecule has 0 aliphatic carbocycles. The molecule has 0 saturated carbocycles. The molecule has 0 spiro atoms. The molecule has 0 bridgehead atoms. The van der Waals surface area contributed by atoms with Crippen LogP contribution in [0, 0.1) is 12.3 Å². The van der Waals surface area contributed by atoms with Crippen molar-refractivity contribution in [3.8, 4) is 12.3 Å². The summed E-state index contributed by atoms with van der Waals surface area (Å²) in [7, 11) is 0. The fourth-order valence-corrected chi connectivity index (χ4v) is 3.18. The smallest absolute Gasteiger partial charge is 0.0717 e. The number of terminal acetylenes is 1. The molecular formula is C11H18S2. The summed E-state index contributed by atoms with van der Waals surface area (Å²) in [5.41, 5.74) is 0. The summed E-state index contributed by atoms with van der Waals surface area (Å²) in [6, 6.07) is 0. The highest BCUT2D eigenvalue weighted by atomic mass is 32.2. The maximum atomic E-state index is 5.38. The van der Waals surface area contributed by atoms with E-state index < -0.39 is 0 Å². The second-order valence-corrected chi connectivity index (χ2v) is 5.58. The molecule has 0 aromatic heterocycles. The van der Waals surface area contributed by atoms with E-state index in [4.69, 9.17) is 6.42 Å². The molecule has 0 radical (unpaired) electrons. The Morgan fingerprint density at radius 1 is 1.54 bits per heavy atom. The van der Waals surface area contributed by atoms with Crippen LogP contribution in [-0.2, 0) is 0 Å². The number of hydrogen-bond donors (Lipinski definition) is 0. The molecule has 0 aliphatic rings. The van der Waals surface area contributed by atoms with Crippen LogP contribution >= 0.6 is 23.5 Å². The summed E-state index contributed by atoms with van der Waals surface area (Å²) in [4.78, 5) is 0. The van der Waals surface area contributed by atoms with Crippen LogP contribution < -0.4 is 0 Å². The van der Waals surface area contributed by atoms with Crippen LogP contribution in [0.1, 0.15) is 26.7 Å². The van der Waals surface area contributed by atoms with Crippen LogP contribution in [0.4, 0.5) is 0 Å². The van der Waals surface area contributed by atoms with Crippen molar-refractivity contribution in [2.45, 2.75) is 30.8 Å². The fraction of sp³-hybridized carbons (Fsp3) is 0.636. The van der Waals surface area contributed by atoms with E-state index in [-0.39, 0.29) is 4.08 Å². The fourth-order valence-electron chi connectivity index (χ4n) is 1.01. The third-order valence-corrected chi connectivity index (χ3v) is 5.31. The zero-order valence-corrected chi connectivity index (χ0v) is 10.3. The summed E-state index contributed by atoms with van der Waals surface area (Å²) in [6.07, 6.45) is 13.8. The van der Waals surface area contributed by atoms with Crippen molar-refractivity contribution in [3.63, 3.8) is 0 Å². The largest absolute Gasteiger partial charge is 0.147 e. The van der Waals surface area contributed by atoms with E-state index in [0.717, 1.165) is 18.6 Å². The Bertz CT molecular complexity index is 185. The quantitative estimate of drug-likeness (QED) is 0.375. The molecule has 0 nitrogen and oxygen atoms in total. The molecule has 0 N–H and O–H groups in total. The number of allylic oxidation sites excluding steroid dienone is 1. The molecular weight excluding hydrogens is 196 g/mol. The van der Waals surface area contributed by atoms with Gasteiger partial charge in [0.25, 0.3) is 0 Å². The molecule has 0 saturated heterocycles. The van der Waals surface area contributed by atoms with Crippen LogP contribution in [0.3, 0.4) is 0 Å². The van der Waals surface area contributed by atoms with Gasteiger partial charge in [0.05, 0.1) is 4.08 Å². The Kier molecular flexibility index (Phi) is 7.41. The van der Waals surface area contributed by atoms with Crippen molar-refractivity contribution in [1.82, 2.24) is 0 Å². The predicted octanol–water partition coefficient (Wildman–Crippen LogP) is 3.79. The summed E-state index contributed by atoms with van der Waals surface area (Å²) < 4.78 is 0.230. The van der Waals surface area contributed by atoms with Crippen molar-refractivity contribution in [1.29, 1.82) is 0 Å². The Hall–Kier alpha value is -0.0000000000000000555. The maximum Gasteiger partial charge on any atom is 0.0717 e. The van der Waals surface area contributed by atoms with Crippen molar-refractivity contribution in [2.24, 2.45) is 0 Å². The monoisotopic (exact) mass is 214 g/mol. The molecule has 0 aliphatic heterocycles. The lowest BCUT2D eigenvalue weighted by Gasteiger charge is -2.27. The third-order valence-electron chi connectivity index (χ3n) is 1.96. The molecule has 0 aromatic rings. The average Bonchev–Trinajstić information content (AvgIpc) is 2.17. The van der Waals surface area contributed by atoms with Crippen LogP contribution in [0.2, 0.25) is 0 Å². The van der Waals surface area contributed by atoms with E-state index in [1.54, 1.807) is 0 Å². The van der Waals surface area contributed by atoms with Crippen LogP contribution in [-0.4, -0.2) is 16.1 Å². The summed E-state index contributed by atoms with van der Waals surface area (Å²) in [5, 5.41) is 0. The highest BCUT2D eigenvalue weighted by molar-refractivity contribution is 8.18. The summed E-state index contributed by atoms with van der Waals surface area (Å²) >= 11 is 3.83. The average molecular weight is 214 g/mol. The molecule has 74 valence electrons. The minimum Gasteiger partial charge on any atom is -0.147 e. The van der Waals surface area contributed by atoms with Crippen LogP contribution in [0.25, 0.3) is 0 Å². The van der Waals surface area contributed by atoms with Gasteiger partial charge in [-0.15, -0.1) is 35.9 Å². The van der Waals surface area contributed by atoms with E-state index in [9.17, 15) is 0 Å². The number of thioether (sulfide) groups is 2. The Morgan fingerprint density at radius 2 is 2.23 bits per heavy atom. The zero-order valence-electron chi connectivity index (χ0n) is 8.67. The van der Waals surface area contributed by atoms with E-state index in [1.807, 2.05) is 23.5 Å². The molecule has 13 heavy (non-hydrogen) atoms. The first-order chi connectivity index (χ1) is 6.24. The van der Waals surface area contributed by atoms with Gasteiger partial charge in [-0.2, -0.15) is 0 Å². The minimum atomic E-state index is 0.230. The number of hydrogen-bond acceptors (Lipinski definition) is 2. The third kappa shape index (κ3) is 4.69. The Labute approximate surface area is 90.9 Å². The lowest BCUT2D eigenvalue weighted by Crippen LogP contribution is -2.18. The SMILES string of the molecule is C#CCC(CC)(SC)SC/C=C/C. The van der Waals surface area contributed by atoms with Crippen LogP contribution in [0.15, 0.2) is 12.2 Å². The van der Waals surface area contributed by atoms with E-state index >= 15 is 0 Å². The first kappa shape index (κ1) is 13.0. The molecule has 0 amide bonds. The highest BCUT2D eigenvalue weighted by Gasteiger charge is 2.25. The molecule has 2 heteroatoms. The normalized spacial score (nSPS) is 15.5. The lowest BCUT2D eigenvalue weighted by atomic mass is 10.2. The Balaban J connectivity index is 4.14. The van der Waals surface area contributed by atoms with Gasteiger partial charge in [0.15, 0.2) is 0 Å². The standard InChI is InChI=1S/C11H18S2/c1-5-8-10-13-11(7-3,12-4)9-6-2/h2,5,8H,7,9-10H2,1,3-4H3/b8-5+. The molecule has 0 aromatic carbocycles. The van der Waals surface area contributed by atoms with Crippen molar-refractivity contribution in [2.75, 3.05) is 12.0 Å². The first-order valence-corrected chi connectivity index (χ1v) is 6.69. The van der Waals surface area contributed by atoms with E-state index in [2.05, 4.69) is 38.2 Å². The van der Waals surface area contributed by atoms with E-state index in [1.165, 1.54) is 0 Å². The summed E-state index contributed by atoms with van der Waals surface area (Å²) in [6.45, 7) is 4.25. The highest BCUT2D eigenvalue weighted by Crippen LogP contribution is 2.41. The van der Waals surface area contributed by atoms with Gasteiger partial charge < -0.3 is 0 Å². The lowest BCUT2D eigenvalue weighted by molar-refractivity contribution is 0.794. The molecule has 0 heterocycles. The minimum absolute atomic E-state index is 0.230. The van der Waals surface area contributed by atoms with Gasteiger partial charge in [0.1, 0.15) is 0 Å². The first-order valence-electron chi connectivity index (χ1n) is 4.48. The second kappa shape index (κ2) is 7.41. The van der Waals surface area contributed by atoms with Crippen molar-refractivity contribution in [3.05, 3.63) is 12.2 Å². The molecule has 1 atom stereocenters.